The van der Waals surface area contributed by atoms with Crippen LogP contribution in [-0.2, 0) is 19.4 Å². The van der Waals surface area contributed by atoms with Gasteiger partial charge < -0.3 is 19.9 Å². The average molecular weight is 544 g/mol. The average Bonchev–Trinajstić information content (AvgIpc) is 2.99. The van der Waals surface area contributed by atoms with Gasteiger partial charge in [-0.3, -0.25) is 4.99 Å². The molecule has 2 heterocycles. The third-order valence-electron chi connectivity index (χ3n) is 5.36. The molecule has 0 bridgehead atoms. The first kappa shape index (κ1) is 25.4. The van der Waals surface area contributed by atoms with Gasteiger partial charge in [-0.05, 0) is 37.8 Å². The number of aliphatic imine (C=N–C) groups is 1. The van der Waals surface area contributed by atoms with Crippen LogP contribution in [0.1, 0.15) is 50.7 Å². The second kappa shape index (κ2) is 13.5. The lowest BCUT2D eigenvalue weighted by Gasteiger charge is -2.20. The zero-order valence-corrected chi connectivity index (χ0v) is 20.8. The van der Waals surface area contributed by atoms with Crippen LogP contribution < -0.4 is 15.4 Å². The Bertz CT molecular complexity index is 828. The van der Waals surface area contributed by atoms with E-state index in [2.05, 4.69) is 30.4 Å². The van der Waals surface area contributed by atoms with Crippen LogP contribution in [0.3, 0.4) is 0 Å². The molecule has 2 aromatic rings. The zero-order valence-electron chi connectivity index (χ0n) is 18.4. The molecule has 2 N–H and O–H groups in total. The van der Waals surface area contributed by atoms with Gasteiger partial charge in [0, 0.05) is 33.0 Å². The van der Waals surface area contributed by atoms with Crippen molar-refractivity contribution in [3.05, 3.63) is 41.7 Å². The number of benzene rings is 1. The van der Waals surface area contributed by atoms with E-state index < -0.39 is 0 Å². The Morgan fingerprint density at radius 2 is 2.06 bits per heavy atom. The topological polar surface area (TPSA) is 76.4 Å². The minimum Gasteiger partial charge on any atom is -0.486 e. The van der Waals surface area contributed by atoms with Gasteiger partial charge >= 0.3 is 0 Å². The Morgan fingerprint density at radius 1 is 1.23 bits per heavy atom. The van der Waals surface area contributed by atoms with Crippen molar-refractivity contribution in [2.45, 2.75) is 64.5 Å². The van der Waals surface area contributed by atoms with Crippen LogP contribution >= 0.6 is 24.0 Å². The van der Waals surface area contributed by atoms with Gasteiger partial charge in [0.15, 0.2) is 17.5 Å². The molecule has 172 valence electrons. The summed E-state index contributed by atoms with van der Waals surface area (Å²) in [7, 11) is 1.74. The Morgan fingerprint density at radius 3 is 2.84 bits per heavy atom. The highest BCUT2D eigenvalue weighted by Gasteiger charge is 2.15. The maximum absolute atomic E-state index is 13.8. The van der Waals surface area contributed by atoms with Crippen molar-refractivity contribution in [1.82, 2.24) is 25.4 Å². The number of aromatic nitrogens is 3. The summed E-state index contributed by atoms with van der Waals surface area (Å²) in [6.07, 6.45) is 7.18. The Labute approximate surface area is 201 Å². The van der Waals surface area contributed by atoms with Crippen LogP contribution in [0.2, 0.25) is 0 Å². The van der Waals surface area contributed by atoms with Crippen molar-refractivity contribution in [3.63, 3.8) is 0 Å². The number of nitrogens with zero attached hydrogens (tertiary/aromatic N) is 4. The molecule has 0 aliphatic carbocycles. The number of halogens is 2. The molecule has 9 heteroatoms. The molecule has 0 fully saturated rings. The lowest BCUT2D eigenvalue weighted by molar-refractivity contribution is 0.191. The summed E-state index contributed by atoms with van der Waals surface area (Å²) in [5.41, 5.74) is 0. The minimum absolute atomic E-state index is 0. The Kier molecular flexibility index (Phi) is 11.0. The minimum atomic E-state index is -0.343. The van der Waals surface area contributed by atoms with Crippen molar-refractivity contribution in [1.29, 1.82) is 0 Å². The van der Waals surface area contributed by atoms with Crippen molar-refractivity contribution in [2.75, 3.05) is 20.1 Å². The first-order valence-corrected chi connectivity index (χ1v) is 11.0. The second-order valence-electron chi connectivity index (χ2n) is 7.56. The Hall–Kier alpha value is -1.91. The first-order valence-electron chi connectivity index (χ1n) is 11.0. The summed E-state index contributed by atoms with van der Waals surface area (Å²) in [5.74, 6) is 2.87. The van der Waals surface area contributed by atoms with Crippen molar-refractivity contribution in [2.24, 2.45) is 4.99 Å². The van der Waals surface area contributed by atoms with Gasteiger partial charge in [-0.25, -0.2) is 4.39 Å². The molecule has 3 rings (SSSR count). The highest BCUT2D eigenvalue weighted by molar-refractivity contribution is 14.0. The quantitative estimate of drug-likeness (QED) is 0.218. The largest absolute Gasteiger partial charge is 0.486 e. The van der Waals surface area contributed by atoms with Crippen LogP contribution in [0.4, 0.5) is 4.39 Å². The van der Waals surface area contributed by atoms with E-state index in [9.17, 15) is 4.39 Å². The summed E-state index contributed by atoms with van der Waals surface area (Å²) in [5, 5.41) is 15.3. The lowest BCUT2D eigenvalue weighted by Crippen LogP contribution is -2.42. The molecular weight excluding hydrogens is 510 g/mol. The van der Waals surface area contributed by atoms with E-state index >= 15 is 0 Å². The fourth-order valence-electron chi connectivity index (χ4n) is 3.60. The molecule has 1 aliphatic heterocycles. The highest BCUT2D eigenvalue weighted by atomic mass is 127. The van der Waals surface area contributed by atoms with Gasteiger partial charge in [0.05, 0.1) is 6.54 Å². The molecule has 1 atom stereocenters. The predicted octanol–water partition coefficient (Wildman–Crippen LogP) is 3.72. The van der Waals surface area contributed by atoms with E-state index in [1.165, 1.54) is 25.3 Å². The van der Waals surface area contributed by atoms with Crippen molar-refractivity contribution < 1.29 is 9.13 Å². The number of para-hydroxylation sites is 1. The molecule has 0 spiro atoms. The third kappa shape index (κ3) is 7.62. The van der Waals surface area contributed by atoms with E-state index in [4.69, 9.17) is 4.74 Å². The van der Waals surface area contributed by atoms with Crippen molar-refractivity contribution >= 4 is 29.9 Å². The number of hydrogen-bond acceptors (Lipinski definition) is 4. The zero-order chi connectivity index (χ0) is 21.2. The van der Waals surface area contributed by atoms with Gasteiger partial charge in [0.1, 0.15) is 17.8 Å². The van der Waals surface area contributed by atoms with Crippen LogP contribution in [0.15, 0.2) is 29.3 Å². The summed E-state index contributed by atoms with van der Waals surface area (Å²) >= 11 is 0. The third-order valence-corrected chi connectivity index (χ3v) is 5.36. The summed E-state index contributed by atoms with van der Waals surface area (Å²) in [4.78, 5) is 4.27. The van der Waals surface area contributed by atoms with E-state index in [1.807, 2.05) is 6.92 Å². The predicted molar refractivity (Wildman–Crippen MR) is 132 cm³/mol. The van der Waals surface area contributed by atoms with Gasteiger partial charge in [-0.15, -0.1) is 34.2 Å². The van der Waals surface area contributed by atoms with Crippen molar-refractivity contribution in [3.8, 4) is 5.75 Å². The lowest BCUT2D eigenvalue weighted by atomic mass is 10.2. The molecule has 1 aromatic carbocycles. The maximum Gasteiger partial charge on any atom is 0.191 e. The number of rotatable bonds is 9. The van der Waals surface area contributed by atoms with E-state index in [-0.39, 0.29) is 41.6 Å². The van der Waals surface area contributed by atoms with Crippen LogP contribution in [0.5, 0.6) is 5.75 Å². The summed E-state index contributed by atoms with van der Waals surface area (Å²) < 4.78 is 21.9. The number of hydrogen-bond donors (Lipinski definition) is 2. The van der Waals surface area contributed by atoms with E-state index in [0.717, 1.165) is 50.4 Å². The van der Waals surface area contributed by atoms with E-state index in [0.29, 0.717) is 12.5 Å². The Balaban J connectivity index is 0.00000341. The maximum atomic E-state index is 13.8. The van der Waals surface area contributed by atoms with Gasteiger partial charge in [0.2, 0.25) is 0 Å². The number of nitrogens with one attached hydrogen (secondary N) is 2. The molecule has 0 saturated heterocycles. The normalized spacial score (nSPS) is 14.7. The van der Waals surface area contributed by atoms with Gasteiger partial charge in [-0.2, -0.15) is 0 Å². The number of aryl methyl sites for hydroxylation is 2. The SMILES string of the molecule is CCC(CNC(=NC)NCCCc1nnc2n1CCCCC2)Oc1ccccc1F.I. The summed E-state index contributed by atoms with van der Waals surface area (Å²) in [6.45, 7) is 4.38. The van der Waals surface area contributed by atoms with E-state index in [1.54, 1.807) is 25.2 Å². The molecule has 7 nitrogen and oxygen atoms in total. The van der Waals surface area contributed by atoms with Crippen LogP contribution in [0, 0.1) is 5.82 Å². The molecule has 31 heavy (non-hydrogen) atoms. The molecule has 1 unspecified atom stereocenters. The van der Waals surface area contributed by atoms with Gasteiger partial charge in [-0.1, -0.05) is 25.5 Å². The molecule has 1 aliphatic rings. The smallest absolute Gasteiger partial charge is 0.191 e. The monoisotopic (exact) mass is 544 g/mol. The fourth-order valence-corrected chi connectivity index (χ4v) is 3.60. The van der Waals surface area contributed by atoms with Crippen LogP contribution in [0.25, 0.3) is 0 Å². The molecule has 0 amide bonds. The number of ether oxygens (including phenoxy) is 1. The van der Waals surface area contributed by atoms with Gasteiger partial charge in [0.25, 0.3) is 0 Å². The number of guanidine groups is 1. The highest BCUT2D eigenvalue weighted by Crippen LogP contribution is 2.18. The standard InChI is InChI=1S/C22H33FN6O.HI/c1-3-17(30-19-11-7-6-10-18(19)23)16-26-22(24-2)25-14-9-13-21-28-27-20-12-5-4-8-15-29(20)21;/h6-7,10-11,17H,3-5,8-9,12-16H2,1-2H3,(H2,24,25,26);1H. The molecule has 0 radical (unpaired) electrons. The second-order valence-corrected chi connectivity index (χ2v) is 7.56. The molecular formula is C22H34FIN6O. The molecule has 1 aromatic heterocycles. The first-order chi connectivity index (χ1) is 14.7. The summed E-state index contributed by atoms with van der Waals surface area (Å²) in [6, 6.07) is 6.48. The van der Waals surface area contributed by atoms with Crippen LogP contribution in [-0.4, -0.2) is 47.0 Å². The molecule has 0 saturated carbocycles. The fraction of sp³-hybridized carbons (Fsp3) is 0.591. The number of fused-ring (bicyclic) bond motifs is 1.